The normalized spacial score (nSPS) is 10.7. The first-order chi connectivity index (χ1) is 42.1. The van der Waals surface area contributed by atoms with E-state index >= 15 is 0 Å². The van der Waals surface area contributed by atoms with Crippen LogP contribution in [0.15, 0.2) is 167 Å². The van der Waals surface area contributed by atoms with Gasteiger partial charge in [0.15, 0.2) is 34.6 Å². The van der Waals surface area contributed by atoms with Crippen LogP contribution in [-0.4, -0.2) is 128 Å². The number of ether oxygens (including phenoxy) is 4. The molecule has 0 saturated heterocycles. The molecule has 0 aliphatic heterocycles. The number of pyridine rings is 2. The maximum Gasteiger partial charge on any atom is 0.308 e. The van der Waals surface area contributed by atoms with Gasteiger partial charge in [-0.05, 0) is 67.6 Å². The minimum absolute atomic E-state index is 0.0452. The van der Waals surface area contributed by atoms with Crippen LogP contribution in [0.4, 0.5) is 11.6 Å². The lowest BCUT2D eigenvalue weighted by molar-refractivity contribution is 0.0920. The molecule has 23 nitrogen and oxygen atoms in total. The molecule has 0 fully saturated rings. The van der Waals surface area contributed by atoms with E-state index in [1.165, 1.54) is 6.92 Å². The zero-order valence-corrected chi connectivity index (χ0v) is 47.8. The molecule has 12 rings (SSSR count). The zero-order valence-electron chi connectivity index (χ0n) is 47.8. The molecule has 86 heavy (non-hydrogen) atoms. The van der Waals surface area contributed by atoms with E-state index in [4.69, 9.17) is 58.6 Å². The van der Waals surface area contributed by atoms with Crippen molar-refractivity contribution in [2.45, 2.75) is 13.8 Å². The Morgan fingerprint density at radius 1 is 0.523 bits per heavy atom. The maximum absolute atomic E-state index is 12.6. The summed E-state index contributed by atoms with van der Waals surface area (Å²) >= 11 is 0. The number of rotatable bonds is 17. The molecule has 0 unspecified atom stereocenters. The van der Waals surface area contributed by atoms with E-state index in [0.29, 0.717) is 77.3 Å². The summed E-state index contributed by atoms with van der Waals surface area (Å²) in [6.07, 6.45) is 3.52. The monoisotopic (exact) mass is 1160 g/mol. The highest BCUT2D eigenvalue weighted by Crippen LogP contribution is 2.38. The Kier molecular flexibility index (Phi) is 19.9. The molecule has 0 aliphatic rings. The molecule has 0 aliphatic carbocycles. The summed E-state index contributed by atoms with van der Waals surface area (Å²) in [6.45, 7) is 5.03. The Hall–Kier alpha value is -11.0. The number of methoxy groups -OCH3 is 4. The second-order valence-corrected chi connectivity index (χ2v) is 18.3. The molecule has 436 valence electrons. The Morgan fingerprint density at radius 2 is 0.953 bits per heavy atom. The van der Waals surface area contributed by atoms with E-state index in [0.717, 1.165) is 60.3 Å². The molecule has 23 heteroatoms. The lowest BCUT2D eigenvalue weighted by atomic mass is 10.1. The van der Waals surface area contributed by atoms with Crippen molar-refractivity contribution in [1.29, 1.82) is 0 Å². The highest BCUT2D eigenvalue weighted by molar-refractivity contribution is 5.98. The van der Waals surface area contributed by atoms with Crippen LogP contribution in [0, 0.1) is 0 Å². The SMILES string of the molecule is CC(=O)c1nnc(-c2ccccc2)o1.CCO.COc1cc2nc(-c3cccc4cccnc34)nc(NCCN)c2cc1OC.COc1cc2nc(-c3cccc4cccnc34)nc(NCCNC(=O)c3nnc(-c4ccccc4)o3)c2cc1OC. The number of hydrogen-bond acceptors (Lipinski definition) is 22. The average molecular weight is 1160 g/mol. The fourth-order valence-corrected chi connectivity index (χ4v) is 8.69. The number of hydrogen-bond donors (Lipinski definition) is 5. The van der Waals surface area contributed by atoms with Crippen LogP contribution in [0.25, 0.3) is 89.3 Å². The van der Waals surface area contributed by atoms with E-state index in [-0.39, 0.29) is 36.6 Å². The summed E-state index contributed by atoms with van der Waals surface area (Å²) < 4.78 is 32.6. The van der Waals surface area contributed by atoms with Crippen LogP contribution in [0.2, 0.25) is 0 Å². The van der Waals surface area contributed by atoms with Gasteiger partial charge in [-0.3, -0.25) is 19.6 Å². The van der Waals surface area contributed by atoms with Crippen molar-refractivity contribution in [3.8, 4) is 68.7 Å². The first-order valence-corrected chi connectivity index (χ1v) is 27.0. The van der Waals surface area contributed by atoms with Gasteiger partial charge in [0, 0.05) is 108 Å². The van der Waals surface area contributed by atoms with Gasteiger partial charge in [0.25, 0.3) is 5.89 Å². The number of fused-ring (bicyclic) bond motifs is 4. The molecular weight excluding hydrogens is 1100 g/mol. The van der Waals surface area contributed by atoms with Crippen LogP contribution in [0.5, 0.6) is 23.0 Å². The van der Waals surface area contributed by atoms with Gasteiger partial charge in [0.1, 0.15) is 11.6 Å². The van der Waals surface area contributed by atoms with Gasteiger partial charge in [-0.1, -0.05) is 72.8 Å². The molecule has 12 aromatic rings. The number of nitrogens with zero attached hydrogens (tertiary/aromatic N) is 10. The third-order valence-electron chi connectivity index (χ3n) is 12.7. The number of carbonyl (C=O) groups is 2. The van der Waals surface area contributed by atoms with Crippen molar-refractivity contribution >= 4 is 66.9 Å². The molecule has 0 spiro atoms. The number of aliphatic hydroxyl groups is 1. The molecule has 6 aromatic heterocycles. The van der Waals surface area contributed by atoms with Gasteiger partial charge in [0.05, 0.1) is 50.5 Å². The van der Waals surface area contributed by atoms with Crippen LogP contribution >= 0.6 is 0 Å². The summed E-state index contributed by atoms with van der Waals surface area (Å²) in [4.78, 5) is 51.9. The third kappa shape index (κ3) is 14.1. The predicted octanol–water partition coefficient (Wildman–Crippen LogP) is 9.92. The quantitative estimate of drug-likeness (QED) is 0.0418. The summed E-state index contributed by atoms with van der Waals surface area (Å²) in [5, 5.41) is 35.8. The van der Waals surface area contributed by atoms with Gasteiger partial charge in [0.2, 0.25) is 17.6 Å². The molecule has 1 amide bonds. The van der Waals surface area contributed by atoms with E-state index in [1.54, 1.807) is 47.8 Å². The molecule has 6 N–H and O–H groups in total. The number of nitrogens with one attached hydrogen (secondary N) is 3. The Balaban J connectivity index is 0.000000168. The molecule has 0 saturated carbocycles. The number of amides is 1. The summed E-state index contributed by atoms with van der Waals surface area (Å²) in [7, 11) is 6.36. The third-order valence-corrected chi connectivity index (χ3v) is 12.7. The van der Waals surface area contributed by atoms with Crippen LogP contribution < -0.4 is 40.6 Å². The Bertz CT molecular complexity index is 4250. The molecular formula is C63H60N14O9. The number of Topliss-reactive ketones (excluding diaryl/α,β-unsaturated/α-hetero) is 1. The first-order valence-electron chi connectivity index (χ1n) is 27.0. The lowest BCUT2D eigenvalue weighted by Gasteiger charge is -2.14. The molecule has 0 atom stereocenters. The number of aromatic nitrogens is 10. The fraction of sp³-hybridized carbons (Fsp3) is 0.175. The highest BCUT2D eigenvalue weighted by Gasteiger charge is 2.20. The summed E-state index contributed by atoms with van der Waals surface area (Å²) in [5.74, 6) is 4.57. The molecule has 6 heterocycles. The number of ketones is 1. The van der Waals surface area contributed by atoms with Crippen molar-refractivity contribution in [1.82, 2.24) is 55.6 Å². The molecule has 6 aromatic carbocycles. The molecule has 0 radical (unpaired) electrons. The maximum atomic E-state index is 12.6. The minimum atomic E-state index is -0.469. The van der Waals surface area contributed by atoms with Crippen molar-refractivity contribution in [2.24, 2.45) is 5.73 Å². The van der Waals surface area contributed by atoms with Crippen molar-refractivity contribution in [2.75, 3.05) is 71.9 Å². The van der Waals surface area contributed by atoms with E-state index in [9.17, 15) is 9.59 Å². The smallest absolute Gasteiger partial charge is 0.308 e. The Morgan fingerprint density at radius 3 is 1.40 bits per heavy atom. The largest absolute Gasteiger partial charge is 0.493 e. The number of benzene rings is 6. The van der Waals surface area contributed by atoms with Crippen molar-refractivity contribution < 1.29 is 42.5 Å². The van der Waals surface area contributed by atoms with Crippen molar-refractivity contribution in [3.05, 3.63) is 170 Å². The number of nitrogens with two attached hydrogens (primary N) is 1. The van der Waals surface area contributed by atoms with Gasteiger partial charge < -0.3 is 54.6 Å². The topological polar surface area (TPSA) is 309 Å². The summed E-state index contributed by atoms with van der Waals surface area (Å²) in [5.41, 5.74) is 11.9. The predicted molar refractivity (Wildman–Crippen MR) is 327 cm³/mol. The van der Waals surface area contributed by atoms with E-state index in [1.807, 2.05) is 146 Å². The second-order valence-electron chi connectivity index (χ2n) is 18.3. The number of para-hydroxylation sites is 2. The summed E-state index contributed by atoms with van der Waals surface area (Å²) in [6, 6.07) is 45.6. The van der Waals surface area contributed by atoms with Crippen LogP contribution in [0.1, 0.15) is 35.2 Å². The molecule has 0 bridgehead atoms. The van der Waals surface area contributed by atoms with Gasteiger partial charge in [-0.2, -0.15) is 0 Å². The number of carbonyl (C=O) groups excluding carboxylic acids is 2. The van der Waals surface area contributed by atoms with Gasteiger partial charge in [-0.15, -0.1) is 20.4 Å². The van der Waals surface area contributed by atoms with Crippen LogP contribution in [-0.2, 0) is 0 Å². The van der Waals surface area contributed by atoms with E-state index in [2.05, 4.69) is 46.3 Å². The Labute approximate surface area is 493 Å². The van der Waals surface area contributed by atoms with Crippen LogP contribution in [0.3, 0.4) is 0 Å². The van der Waals surface area contributed by atoms with Gasteiger partial charge in [-0.25, -0.2) is 19.9 Å². The van der Waals surface area contributed by atoms with Crippen molar-refractivity contribution in [3.63, 3.8) is 0 Å². The van der Waals surface area contributed by atoms with Gasteiger partial charge >= 0.3 is 11.8 Å². The van der Waals surface area contributed by atoms with E-state index < -0.39 is 5.91 Å². The first kappa shape index (κ1) is 59.6. The standard InChI is InChI=1S/C30H25N7O4.C21H21N5O2.C10H8N2O2.C2H6O/c1-39-23-16-21-22(17-24(23)40-2)34-27(20-12-6-10-18-11-7-13-31-25(18)20)35-26(21)32-14-15-33-28(38)30-37-36-29(41-30)19-8-4-3-5-9-19;1-27-17-11-15-16(12-18(17)28-2)25-21(26-20(15)24-10-8-22)14-7-3-5-13-6-4-9-23-19(13)14;1-7(13)9-11-12-10(14-9)8-5-3-2-4-6-8;1-2-3/h3-13,16-17H,14-15H2,1-2H3,(H,33,38)(H,32,34,35);3-7,9,11-12H,8,10,22H2,1-2H3,(H,24,25,26);2-6H,1H3;3H,2H2,1H3. The second kappa shape index (κ2) is 28.8. The number of anilines is 2. The lowest BCUT2D eigenvalue weighted by Crippen LogP contribution is -2.29. The highest BCUT2D eigenvalue weighted by atomic mass is 16.5. The zero-order chi connectivity index (χ0) is 60.4. The minimum Gasteiger partial charge on any atom is -0.493 e. The fourth-order valence-electron chi connectivity index (χ4n) is 8.69. The number of aliphatic hydroxyl groups excluding tert-OH is 1. The average Bonchev–Trinajstić information content (AvgIpc) is 2.66.